The van der Waals surface area contributed by atoms with Gasteiger partial charge in [0.2, 0.25) is 0 Å². The van der Waals surface area contributed by atoms with E-state index in [2.05, 4.69) is 31.0 Å². The molecule has 2 nitrogen and oxygen atoms in total. The summed E-state index contributed by atoms with van der Waals surface area (Å²) in [5, 5.41) is 4.20. The summed E-state index contributed by atoms with van der Waals surface area (Å²) in [7, 11) is 0. The molecule has 2 heteroatoms. The van der Waals surface area contributed by atoms with Crippen LogP contribution in [-0.4, -0.2) is 12.3 Å². The summed E-state index contributed by atoms with van der Waals surface area (Å²) in [6.45, 7) is 11.0. The van der Waals surface area contributed by atoms with E-state index in [1.54, 1.807) is 0 Å². The van der Waals surface area contributed by atoms with Crippen molar-refractivity contribution in [3.05, 3.63) is 12.2 Å². The van der Waals surface area contributed by atoms with Gasteiger partial charge in [-0.2, -0.15) is 5.10 Å². The Bertz CT molecular complexity index is 148. The van der Waals surface area contributed by atoms with E-state index < -0.39 is 0 Å². The van der Waals surface area contributed by atoms with Crippen molar-refractivity contribution in [1.82, 2.24) is 5.43 Å². The molecular formula is C9H18N2. The first kappa shape index (κ1) is 10.2. The second kappa shape index (κ2) is 5.96. The van der Waals surface area contributed by atoms with Gasteiger partial charge in [-0.05, 0) is 25.3 Å². The highest BCUT2D eigenvalue weighted by Crippen LogP contribution is 1.96. The Hall–Kier alpha value is -0.790. The molecule has 0 aromatic rings. The van der Waals surface area contributed by atoms with E-state index >= 15 is 0 Å². The number of hydrazone groups is 1. The number of allylic oxidation sites excluding steroid dienone is 1. The summed E-state index contributed by atoms with van der Waals surface area (Å²) in [5.74, 6) is 0. The minimum Gasteiger partial charge on any atom is -0.310 e. The average molecular weight is 154 g/mol. The Morgan fingerprint density at radius 3 is 2.45 bits per heavy atom. The van der Waals surface area contributed by atoms with Crippen LogP contribution < -0.4 is 5.43 Å². The van der Waals surface area contributed by atoms with Gasteiger partial charge in [0.1, 0.15) is 0 Å². The van der Waals surface area contributed by atoms with E-state index in [-0.39, 0.29) is 0 Å². The predicted octanol–water partition coefficient (Wildman–Crippen LogP) is 2.33. The van der Waals surface area contributed by atoms with E-state index in [1.165, 1.54) is 0 Å². The van der Waals surface area contributed by atoms with E-state index in [0.29, 0.717) is 0 Å². The fourth-order valence-electron chi connectivity index (χ4n) is 0.739. The molecule has 0 aliphatic heterocycles. The standard InChI is InChI=1S/C9H18N2/c1-5-7-10-11-9(6-2)8(3)4/h10H,3,5-7H2,1-2,4H3/b11-9-. The van der Waals surface area contributed by atoms with Crippen molar-refractivity contribution in [2.75, 3.05) is 6.54 Å². The lowest BCUT2D eigenvalue weighted by Crippen LogP contribution is -2.11. The third-order valence-corrected chi connectivity index (χ3v) is 1.40. The molecule has 0 fully saturated rings. The van der Waals surface area contributed by atoms with Gasteiger partial charge >= 0.3 is 0 Å². The summed E-state index contributed by atoms with van der Waals surface area (Å²) < 4.78 is 0. The van der Waals surface area contributed by atoms with Crippen LogP contribution in [0.15, 0.2) is 17.3 Å². The fourth-order valence-corrected chi connectivity index (χ4v) is 0.739. The molecule has 0 bridgehead atoms. The SMILES string of the molecule is C=C(C)/C(CC)=N\NCCC. The van der Waals surface area contributed by atoms with Crippen molar-refractivity contribution in [2.45, 2.75) is 33.6 Å². The normalized spacial score (nSPS) is 11.4. The molecule has 0 spiro atoms. The largest absolute Gasteiger partial charge is 0.310 e. The van der Waals surface area contributed by atoms with Crippen LogP contribution in [0.5, 0.6) is 0 Å². The molecule has 0 aliphatic carbocycles. The molecule has 0 aliphatic rings. The fraction of sp³-hybridized carbons (Fsp3) is 0.667. The molecule has 0 rings (SSSR count). The molecule has 11 heavy (non-hydrogen) atoms. The van der Waals surface area contributed by atoms with E-state index in [9.17, 15) is 0 Å². The Kier molecular flexibility index (Phi) is 5.53. The molecular weight excluding hydrogens is 136 g/mol. The molecule has 0 saturated carbocycles. The molecule has 0 aromatic heterocycles. The molecule has 1 N–H and O–H groups in total. The lowest BCUT2D eigenvalue weighted by Gasteiger charge is -2.02. The Morgan fingerprint density at radius 1 is 1.45 bits per heavy atom. The number of nitrogens with zero attached hydrogens (tertiary/aromatic N) is 1. The quantitative estimate of drug-likeness (QED) is 0.367. The minimum atomic E-state index is 0.941. The van der Waals surface area contributed by atoms with Crippen LogP contribution >= 0.6 is 0 Å². The molecule has 0 atom stereocenters. The molecule has 0 heterocycles. The molecule has 0 radical (unpaired) electrons. The predicted molar refractivity (Wildman–Crippen MR) is 50.8 cm³/mol. The summed E-state index contributed by atoms with van der Waals surface area (Å²) in [6.07, 6.45) is 2.06. The zero-order valence-electron chi connectivity index (χ0n) is 7.78. The summed E-state index contributed by atoms with van der Waals surface area (Å²) >= 11 is 0. The second-order valence-corrected chi connectivity index (χ2v) is 2.60. The van der Waals surface area contributed by atoms with Crippen molar-refractivity contribution in [3.8, 4) is 0 Å². The van der Waals surface area contributed by atoms with Crippen LogP contribution in [0.25, 0.3) is 0 Å². The van der Waals surface area contributed by atoms with Crippen molar-refractivity contribution in [1.29, 1.82) is 0 Å². The van der Waals surface area contributed by atoms with Crippen LogP contribution in [0.2, 0.25) is 0 Å². The maximum absolute atomic E-state index is 4.20. The van der Waals surface area contributed by atoms with Crippen LogP contribution in [0.3, 0.4) is 0 Å². The highest BCUT2D eigenvalue weighted by molar-refractivity contribution is 5.98. The van der Waals surface area contributed by atoms with Gasteiger partial charge in [0.05, 0.1) is 5.71 Å². The minimum absolute atomic E-state index is 0.941. The molecule has 0 aromatic carbocycles. The van der Waals surface area contributed by atoms with Crippen LogP contribution in [-0.2, 0) is 0 Å². The van der Waals surface area contributed by atoms with Crippen molar-refractivity contribution in [2.24, 2.45) is 5.10 Å². The first-order valence-corrected chi connectivity index (χ1v) is 4.17. The second-order valence-electron chi connectivity index (χ2n) is 2.60. The molecule has 0 amide bonds. The number of nitrogens with one attached hydrogen (secondary N) is 1. The first-order chi connectivity index (χ1) is 5.22. The molecule has 0 saturated heterocycles. The van der Waals surface area contributed by atoms with Gasteiger partial charge in [0.25, 0.3) is 0 Å². The third kappa shape index (κ3) is 4.59. The third-order valence-electron chi connectivity index (χ3n) is 1.40. The first-order valence-electron chi connectivity index (χ1n) is 4.17. The Balaban J connectivity index is 3.81. The summed E-state index contributed by atoms with van der Waals surface area (Å²) in [5.41, 5.74) is 5.11. The van der Waals surface area contributed by atoms with Gasteiger partial charge < -0.3 is 5.43 Å². The number of hydrogen-bond acceptors (Lipinski definition) is 2. The molecule has 64 valence electrons. The van der Waals surface area contributed by atoms with Crippen LogP contribution in [0.1, 0.15) is 33.6 Å². The maximum Gasteiger partial charge on any atom is 0.0623 e. The lowest BCUT2D eigenvalue weighted by molar-refractivity contribution is 0.714. The lowest BCUT2D eigenvalue weighted by atomic mass is 10.2. The van der Waals surface area contributed by atoms with Gasteiger partial charge in [-0.3, -0.25) is 0 Å². The van der Waals surface area contributed by atoms with E-state index in [0.717, 1.165) is 30.7 Å². The maximum atomic E-state index is 4.20. The zero-order chi connectivity index (χ0) is 8.69. The average Bonchev–Trinajstić information content (AvgIpc) is 1.97. The van der Waals surface area contributed by atoms with Gasteiger partial charge in [0.15, 0.2) is 0 Å². The van der Waals surface area contributed by atoms with E-state index in [1.807, 2.05) is 6.92 Å². The summed E-state index contributed by atoms with van der Waals surface area (Å²) in [4.78, 5) is 0. The highest BCUT2D eigenvalue weighted by Gasteiger charge is 1.94. The van der Waals surface area contributed by atoms with Crippen molar-refractivity contribution in [3.63, 3.8) is 0 Å². The van der Waals surface area contributed by atoms with Gasteiger partial charge in [-0.25, -0.2) is 0 Å². The Morgan fingerprint density at radius 2 is 2.09 bits per heavy atom. The highest BCUT2D eigenvalue weighted by atomic mass is 15.3. The number of rotatable bonds is 5. The molecule has 0 unspecified atom stereocenters. The van der Waals surface area contributed by atoms with Gasteiger partial charge in [-0.15, -0.1) is 0 Å². The van der Waals surface area contributed by atoms with Gasteiger partial charge in [0, 0.05) is 6.54 Å². The topological polar surface area (TPSA) is 24.4 Å². The smallest absolute Gasteiger partial charge is 0.0623 e. The van der Waals surface area contributed by atoms with Gasteiger partial charge in [-0.1, -0.05) is 20.4 Å². The summed E-state index contributed by atoms with van der Waals surface area (Å²) in [6, 6.07) is 0. The monoisotopic (exact) mass is 154 g/mol. The van der Waals surface area contributed by atoms with E-state index in [4.69, 9.17) is 0 Å². The number of hydrogen-bond donors (Lipinski definition) is 1. The zero-order valence-corrected chi connectivity index (χ0v) is 7.78. The van der Waals surface area contributed by atoms with Crippen LogP contribution in [0, 0.1) is 0 Å². The Labute approximate surface area is 69.4 Å². The van der Waals surface area contributed by atoms with Crippen molar-refractivity contribution < 1.29 is 0 Å². The van der Waals surface area contributed by atoms with Crippen LogP contribution in [0.4, 0.5) is 0 Å². The van der Waals surface area contributed by atoms with Crippen molar-refractivity contribution >= 4 is 5.71 Å².